The number of carbonyl (C=O) groups excluding carboxylic acids is 3. The number of hydrogen-bond acceptors (Lipinski definition) is 9. The Morgan fingerprint density at radius 3 is 0.870 bits per heavy atom. The molecule has 9 heteroatoms. The molecule has 0 bridgehead atoms. The monoisotopic (exact) mass is 711 g/mol. The van der Waals surface area contributed by atoms with Gasteiger partial charge in [0.25, 0.3) is 0 Å². The van der Waals surface area contributed by atoms with E-state index in [9.17, 15) is 14.4 Å². The van der Waals surface area contributed by atoms with Gasteiger partial charge in [0.15, 0.2) is 0 Å². The van der Waals surface area contributed by atoms with Crippen molar-refractivity contribution in [2.24, 2.45) is 0 Å². The Balaban J connectivity index is 1.13. The third-order valence-electron chi connectivity index (χ3n) is 8.47. The van der Waals surface area contributed by atoms with E-state index >= 15 is 0 Å². The van der Waals surface area contributed by atoms with Gasteiger partial charge >= 0.3 is 17.9 Å². The van der Waals surface area contributed by atoms with E-state index in [-0.39, 0.29) is 33.9 Å². The van der Waals surface area contributed by atoms with Crippen LogP contribution in [0.4, 0.5) is 0 Å². The minimum atomic E-state index is -0.787. The molecule has 54 heavy (non-hydrogen) atoms. The van der Waals surface area contributed by atoms with Gasteiger partial charge in [-0.15, -0.1) is 0 Å². The number of rotatable bonds is 9. The average molecular weight is 712 g/mol. The van der Waals surface area contributed by atoms with Crippen molar-refractivity contribution in [2.75, 3.05) is 0 Å². The largest absolute Gasteiger partial charge is 0.423 e. The molecule has 4 aromatic carbocycles. The molecule has 0 aliphatic heterocycles. The first-order chi connectivity index (χ1) is 26.2. The molecule has 0 saturated carbocycles. The van der Waals surface area contributed by atoms with E-state index in [1.54, 1.807) is 91.4 Å². The van der Waals surface area contributed by atoms with E-state index in [0.29, 0.717) is 0 Å². The molecule has 9 nitrogen and oxygen atoms in total. The Morgan fingerprint density at radius 1 is 0.370 bits per heavy atom. The van der Waals surface area contributed by atoms with Crippen LogP contribution in [0.5, 0.6) is 17.2 Å². The summed E-state index contributed by atoms with van der Waals surface area (Å²) in [5, 5.41) is 0. The highest BCUT2D eigenvalue weighted by molar-refractivity contribution is 6.02. The summed E-state index contributed by atoms with van der Waals surface area (Å²) in [6.45, 7) is 5.94. The number of aromatic nitrogens is 3. The van der Waals surface area contributed by atoms with Crippen LogP contribution in [0.1, 0.15) is 47.8 Å². The van der Waals surface area contributed by atoms with Gasteiger partial charge in [-0.1, -0.05) is 0 Å². The van der Waals surface area contributed by atoms with Gasteiger partial charge in [-0.2, -0.15) is 0 Å². The van der Waals surface area contributed by atoms with Gasteiger partial charge in [0.05, 0.1) is 33.8 Å². The van der Waals surface area contributed by atoms with Crippen LogP contribution in [-0.4, -0.2) is 32.9 Å². The molecule has 7 aromatic rings. The highest BCUT2D eigenvalue weighted by Gasteiger charge is 2.21. The number of pyridine rings is 3. The van der Waals surface area contributed by atoms with Crippen LogP contribution in [0.25, 0.3) is 33.8 Å². The fourth-order valence-corrected chi connectivity index (χ4v) is 5.64. The van der Waals surface area contributed by atoms with Crippen molar-refractivity contribution in [3.8, 4) is 51.0 Å². The lowest BCUT2D eigenvalue weighted by molar-refractivity contribution is 0.0734. The molecule has 3 heterocycles. The van der Waals surface area contributed by atoms with Crippen LogP contribution < -0.4 is 14.2 Å². The van der Waals surface area contributed by atoms with Crippen LogP contribution in [0.2, 0.25) is 0 Å². The minimum Gasteiger partial charge on any atom is -0.423 e. The Bertz CT molecular complexity index is 2200. The molecule has 7 rings (SSSR count). The molecule has 0 saturated heterocycles. The number of ether oxygens (including phenoxy) is 3. The van der Waals surface area contributed by atoms with Crippen molar-refractivity contribution in [1.29, 1.82) is 0 Å². The number of nitrogens with zero attached hydrogens (tertiary/aromatic N) is 3. The van der Waals surface area contributed by atoms with Crippen LogP contribution in [0, 0.1) is 20.8 Å². The predicted octanol–water partition coefficient (Wildman–Crippen LogP) is 9.46. The normalized spacial score (nSPS) is 10.7. The Morgan fingerprint density at radius 2 is 0.630 bits per heavy atom. The summed E-state index contributed by atoms with van der Waals surface area (Å²) in [6.07, 6.45) is 5.19. The molecule has 264 valence electrons. The first kappa shape index (κ1) is 35.2. The molecule has 0 spiro atoms. The maximum atomic E-state index is 13.5. The average Bonchev–Trinajstić information content (AvgIpc) is 3.18. The van der Waals surface area contributed by atoms with Gasteiger partial charge < -0.3 is 14.2 Å². The highest BCUT2D eigenvalue weighted by Crippen LogP contribution is 2.26. The fraction of sp³-hybridized carbons (Fsp3) is 0.0667. The van der Waals surface area contributed by atoms with Gasteiger partial charge in [0, 0.05) is 35.3 Å². The lowest BCUT2D eigenvalue weighted by Gasteiger charge is -2.11. The van der Waals surface area contributed by atoms with Crippen molar-refractivity contribution >= 4 is 17.9 Å². The second kappa shape index (κ2) is 15.5. The molecular formula is C45H33N3O6. The van der Waals surface area contributed by atoms with Crippen molar-refractivity contribution in [3.05, 3.63) is 179 Å². The lowest BCUT2D eigenvalue weighted by atomic mass is 10.1. The standard InChI is InChI=1S/C45H33N3O6/c1-28-16-19-46-40(22-28)31-4-10-37(11-5-31)52-43(49)34-25-35(44(50)53-38-12-6-32(7-13-38)41-23-29(2)17-20-47-41)27-36(26-34)45(51)54-39-14-8-33(9-15-39)42-24-30(3)18-21-48-42/h4-27H,1-3H3. The van der Waals surface area contributed by atoms with E-state index < -0.39 is 17.9 Å². The number of aryl methyl sites for hydroxylation is 3. The van der Waals surface area contributed by atoms with Crippen molar-refractivity contribution < 1.29 is 28.6 Å². The van der Waals surface area contributed by atoms with E-state index in [0.717, 1.165) is 50.5 Å². The van der Waals surface area contributed by atoms with Gasteiger partial charge in [0.2, 0.25) is 0 Å². The smallest absolute Gasteiger partial charge is 0.343 e. The first-order valence-electron chi connectivity index (χ1n) is 17.1. The summed E-state index contributed by atoms with van der Waals surface area (Å²) in [7, 11) is 0. The number of carbonyl (C=O) groups is 3. The number of hydrogen-bond donors (Lipinski definition) is 0. The molecular weight excluding hydrogens is 679 g/mol. The molecule has 0 unspecified atom stereocenters. The molecule has 0 atom stereocenters. The topological polar surface area (TPSA) is 118 Å². The van der Waals surface area contributed by atoms with E-state index in [1.807, 2.05) is 57.2 Å². The molecule has 0 amide bonds. The second-order valence-electron chi connectivity index (χ2n) is 12.7. The summed E-state index contributed by atoms with van der Waals surface area (Å²) in [5.74, 6) is -1.57. The van der Waals surface area contributed by atoms with Crippen molar-refractivity contribution in [2.45, 2.75) is 20.8 Å². The quantitative estimate of drug-likeness (QED) is 0.107. The van der Waals surface area contributed by atoms with Crippen molar-refractivity contribution in [1.82, 2.24) is 15.0 Å². The third kappa shape index (κ3) is 8.43. The summed E-state index contributed by atoms with van der Waals surface area (Å²) in [5.41, 5.74) is 7.93. The maximum Gasteiger partial charge on any atom is 0.343 e. The summed E-state index contributed by atoms with van der Waals surface area (Å²) in [6, 6.07) is 36.2. The van der Waals surface area contributed by atoms with E-state index in [1.165, 1.54) is 18.2 Å². The molecule has 3 aromatic heterocycles. The predicted molar refractivity (Wildman–Crippen MR) is 205 cm³/mol. The lowest BCUT2D eigenvalue weighted by Crippen LogP contribution is -2.16. The first-order valence-corrected chi connectivity index (χ1v) is 17.1. The highest BCUT2D eigenvalue weighted by atomic mass is 16.5. The third-order valence-corrected chi connectivity index (χ3v) is 8.47. The number of esters is 3. The maximum absolute atomic E-state index is 13.5. The van der Waals surface area contributed by atoms with Crippen molar-refractivity contribution in [3.63, 3.8) is 0 Å². The molecule has 0 N–H and O–H groups in total. The molecule has 0 fully saturated rings. The SMILES string of the molecule is Cc1ccnc(-c2ccc(OC(=O)c3cc(C(=O)Oc4ccc(-c5cc(C)ccn5)cc4)cc(C(=O)Oc4ccc(-c5cc(C)ccn5)cc4)c3)cc2)c1. The Kier molecular flexibility index (Phi) is 10.1. The van der Waals surface area contributed by atoms with E-state index in [4.69, 9.17) is 14.2 Å². The van der Waals surface area contributed by atoms with Gasteiger partial charge in [0.1, 0.15) is 17.2 Å². The van der Waals surface area contributed by atoms with Gasteiger partial charge in [-0.05, 0) is 165 Å². The zero-order valence-electron chi connectivity index (χ0n) is 29.6. The second-order valence-corrected chi connectivity index (χ2v) is 12.7. The molecule has 0 aliphatic carbocycles. The van der Waals surface area contributed by atoms with Crippen LogP contribution in [0.3, 0.4) is 0 Å². The molecule has 0 radical (unpaired) electrons. The van der Waals surface area contributed by atoms with Gasteiger partial charge in [-0.25, -0.2) is 14.4 Å². The zero-order valence-corrected chi connectivity index (χ0v) is 29.6. The van der Waals surface area contributed by atoms with Crippen LogP contribution >= 0.6 is 0 Å². The minimum absolute atomic E-state index is 0.0532. The summed E-state index contributed by atoms with van der Waals surface area (Å²) in [4.78, 5) is 53.8. The van der Waals surface area contributed by atoms with E-state index in [2.05, 4.69) is 15.0 Å². The van der Waals surface area contributed by atoms with Crippen LogP contribution in [0.15, 0.2) is 146 Å². The Hall–Kier alpha value is -7.26. The Labute approximate surface area is 311 Å². The fourth-order valence-electron chi connectivity index (χ4n) is 5.64. The molecule has 0 aliphatic rings. The zero-order chi connectivity index (χ0) is 37.6. The number of benzene rings is 4. The summed E-state index contributed by atoms with van der Waals surface area (Å²) < 4.78 is 17.0. The summed E-state index contributed by atoms with van der Waals surface area (Å²) >= 11 is 0. The van der Waals surface area contributed by atoms with Gasteiger partial charge in [-0.3, -0.25) is 15.0 Å². The van der Waals surface area contributed by atoms with Crippen LogP contribution in [-0.2, 0) is 0 Å².